The van der Waals surface area contributed by atoms with Crippen molar-refractivity contribution in [2.45, 2.75) is 19.3 Å². The van der Waals surface area contributed by atoms with Crippen LogP contribution in [0.25, 0.3) is 0 Å². The van der Waals surface area contributed by atoms with Gasteiger partial charge in [0.1, 0.15) is 0 Å². The molecule has 0 aliphatic heterocycles. The quantitative estimate of drug-likeness (QED) is 0.626. The summed E-state index contributed by atoms with van der Waals surface area (Å²) in [6.45, 7) is 5.91. The van der Waals surface area contributed by atoms with Gasteiger partial charge < -0.3 is 0 Å². The summed E-state index contributed by atoms with van der Waals surface area (Å²) < 4.78 is 0. The SMILES string of the molecule is C=C/C(C)=C\CC(c1ccccc1)c1ccccc1. The van der Waals surface area contributed by atoms with E-state index in [9.17, 15) is 0 Å². The first-order valence-corrected chi connectivity index (χ1v) is 6.70. The highest BCUT2D eigenvalue weighted by atomic mass is 14.2. The van der Waals surface area contributed by atoms with Crippen molar-refractivity contribution in [1.82, 2.24) is 0 Å². The Morgan fingerprint density at radius 1 is 0.947 bits per heavy atom. The molecule has 0 aromatic heterocycles. The van der Waals surface area contributed by atoms with E-state index in [4.69, 9.17) is 0 Å². The summed E-state index contributed by atoms with van der Waals surface area (Å²) in [6.07, 6.45) is 5.18. The maximum atomic E-state index is 3.82. The fraction of sp³-hybridized carbons (Fsp3) is 0.158. The fourth-order valence-electron chi connectivity index (χ4n) is 2.22. The summed E-state index contributed by atoms with van der Waals surface area (Å²) in [5.41, 5.74) is 3.96. The topological polar surface area (TPSA) is 0 Å². The molecule has 96 valence electrons. The zero-order chi connectivity index (χ0) is 13.5. The summed E-state index contributed by atoms with van der Waals surface area (Å²) in [4.78, 5) is 0. The number of allylic oxidation sites excluding steroid dienone is 3. The molecule has 0 saturated carbocycles. The van der Waals surface area contributed by atoms with E-state index in [1.807, 2.05) is 6.08 Å². The van der Waals surface area contributed by atoms with Gasteiger partial charge in [-0.05, 0) is 24.5 Å². The summed E-state index contributed by atoms with van der Waals surface area (Å²) in [5.74, 6) is 0.414. The minimum atomic E-state index is 0.414. The van der Waals surface area contributed by atoms with E-state index in [-0.39, 0.29) is 0 Å². The lowest BCUT2D eigenvalue weighted by Gasteiger charge is -2.16. The predicted molar refractivity (Wildman–Crippen MR) is 83.3 cm³/mol. The molecule has 0 heteroatoms. The lowest BCUT2D eigenvalue weighted by atomic mass is 9.88. The lowest BCUT2D eigenvalue weighted by Crippen LogP contribution is -1.99. The smallest absolute Gasteiger partial charge is 0.0124 e. The molecule has 0 nitrogen and oxygen atoms in total. The Kier molecular flexibility index (Phi) is 4.74. The maximum Gasteiger partial charge on any atom is 0.0124 e. The molecule has 19 heavy (non-hydrogen) atoms. The predicted octanol–water partition coefficient (Wildman–Crippen LogP) is 5.34. The molecule has 0 bridgehead atoms. The molecule has 2 aromatic rings. The number of rotatable bonds is 5. The summed E-state index contributed by atoms with van der Waals surface area (Å²) in [5, 5.41) is 0. The normalized spacial score (nSPS) is 11.6. The second kappa shape index (κ2) is 6.75. The first-order chi connectivity index (χ1) is 9.31. The van der Waals surface area contributed by atoms with Crippen molar-refractivity contribution in [1.29, 1.82) is 0 Å². The van der Waals surface area contributed by atoms with Gasteiger partial charge in [-0.25, -0.2) is 0 Å². The maximum absolute atomic E-state index is 3.82. The number of hydrogen-bond acceptors (Lipinski definition) is 0. The standard InChI is InChI=1S/C19H20/c1-3-16(2)14-15-19(17-10-6-4-7-11-17)18-12-8-5-9-13-18/h3-14,19H,1,15H2,2H3/b16-14-. The van der Waals surface area contributed by atoms with Crippen LogP contribution < -0.4 is 0 Å². The van der Waals surface area contributed by atoms with E-state index in [2.05, 4.69) is 80.2 Å². The zero-order valence-corrected chi connectivity index (χ0v) is 11.4. The van der Waals surface area contributed by atoms with Gasteiger partial charge in [0.05, 0.1) is 0 Å². The molecule has 0 atom stereocenters. The molecule has 0 amide bonds. The fourth-order valence-corrected chi connectivity index (χ4v) is 2.22. The van der Waals surface area contributed by atoms with E-state index in [1.165, 1.54) is 16.7 Å². The molecule has 0 aliphatic rings. The first kappa shape index (κ1) is 13.4. The van der Waals surface area contributed by atoms with Crippen LogP contribution in [0, 0.1) is 0 Å². The van der Waals surface area contributed by atoms with Crippen molar-refractivity contribution in [3.05, 3.63) is 96.1 Å². The van der Waals surface area contributed by atoms with Crippen LogP contribution in [-0.2, 0) is 0 Å². The third kappa shape index (κ3) is 3.69. The average molecular weight is 248 g/mol. The Morgan fingerprint density at radius 2 is 1.42 bits per heavy atom. The lowest BCUT2D eigenvalue weighted by molar-refractivity contribution is 0.826. The van der Waals surface area contributed by atoms with Gasteiger partial charge >= 0.3 is 0 Å². The molecule has 0 fully saturated rings. The molecule has 0 saturated heterocycles. The van der Waals surface area contributed by atoms with Gasteiger partial charge in [0.2, 0.25) is 0 Å². The van der Waals surface area contributed by atoms with Crippen molar-refractivity contribution in [2.24, 2.45) is 0 Å². The molecule has 2 aromatic carbocycles. The van der Waals surface area contributed by atoms with Crippen LogP contribution in [0.15, 0.2) is 85.0 Å². The van der Waals surface area contributed by atoms with Gasteiger partial charge in [-0.1, -0.05) is 85.0 Å². The minimum Gasteiger partial charge on any atom is -0.0988 e. The highest BCUT2D eigenvalue weighted by molar-refractivity contribution is 5.33. The van der Waals surface area contributed by atoms with Gasteiger partial charge in [-0.3, -0.25) is 0 Å². The largest absolute Gasteiger partial charge is 0.0988 e. The van der Waals surface area contributed by atoms with E-state index < -0.39 is 0 Å². The van der Waals surface area contributed by atoms with Crippen molar-refractivity contribution in [2.75, 3.05) is 0 Å². The third-order valence-electron chi connectivity index (χ3n) is 3.40. The average Bonchev–Trinajstić information content (AvgIpc) is 2.49. The van der Waals surface area contributed by atoms with Gasteiger partial charge in [0.15, 0.2) is 0 Å². The third-order valence-corrected chi connectivity index (χ3v) is 3.40. The Labute approximate surface area is 116 Å². The van der Waals surface area contributed by atoms with Gasteiger partial charge in [-0.15, -0.1) is 0 Å². The Bertz CT molecular complexity index is 495. The van der Waals surface area contributed by atoms with Crippen molar-refractivity contribution in [3.8, 4) is 0 Å². The molecule has 2 rings (SSSR count). The van der Waals surface area contributed by atoms with Crippen molar-refractivity contribution >= 4 is 0 Å². The van der Waals surface area contributed by atoms with Crippen molar-refractivity contribution in [3.63, 3.8) is 0 Å². The van der Waals surface area contributed by atoms with Crippen LogP contribution in [0.3, 0.4) is 0 Å². The summed E-state index contributed by atoms with van der Waals surface area (Å²) in [6, 6.07) is 21.4. The van der Waals surface area contributed by atoms with Crippen LogP contribution >= 0.6 is 0 Å². The molecule has 0 N–H and O–H groups in total. The molecule has 0 spiro atoms. The summed E-state index contributed by atoms with van der Waals surface area (Å²) in [7, 11) is 0. The van der Waals surface area contributed by atoms with Crippen molar-refractivity contribution < 1.29 is 0 Å². The number of benzene rings is 2. The molecule has 0 heterocycles. The van der Waals surface area contributed by atoms with Gasteiger partial charge in [-0.2, -0.15) is 0 Å². The Morgan fingerprint density at radius 3 is 1.84 bits per heavy atom. The van der Waals surface area contributed by atoms with Crippen LogP contribution in [0.4, 0.5) is 0 Å². The first-order valence-electron chi connectivity index (χ1n) is 6.70. The minimum absolute atomic E-state index is 0.414. The Balaban J connectivity index is 2.32. The second-order valence-corrected chi connectivity index (χ2v) is 4.76. The molecule has 0 radical (unpaired) electrons. The highest BCUT2D eigenvalue weighted by Gasteiger charge is 2.11. The molecule has 0 unspecified atom stereocenters. The van der Waals surface area contributed by atoms with Crippen LogP contribution in [-0.4, -0.2) is 0 Å². The zero-order valence-electron chi connectivity index (χ0n) is 11.4. The van der Waals surface area contributed by atoms with E-state index in [0.29, 0.717) is 5.92 Å². The van der Waals surface area contributed by atoms with Crippen LogP contribution in [0.2, 0.25) is 0 Å². The van der Waals surface area contributed by atoms with E-state index in [0.717, 1.165) is 6.42 Å². The monoisotopic (exact) mass is 248 g/mol. The summed E-state index contributed by atoms with van der Waals surface area (Å²) >= 11 is 0. The van der Waals surface area contributed by atoms with E-state index >= 15 is 0 Å². The van der Waals surface area contributed by atoms with Gasteiger partial charge in [0.25, 0.3) is 0 Å². The van der Waals surface area contributed by atoms with E-state index in [1.54, 1.807) is 0 Å². The van der Waals surface area contributed by atoms with Crippen LogP contribution in [0.1, 0.15) is 30.4 Å². The highest BCUT2D eigenvalue weighted by Crippen LogP contribution is 2.28. The second-order valence-electron chi connectivity index (χ2n) is 4.76. The Hall–Kier alpha value is -2.08. The molecule has 0 aliphatic carbocycles. The molecular weight excluding hydrogens is 228 g/mol. The number of hydrogen-bond donors (Lipinski definition) is 0. The molecular formula is C19H20. The van der Waals surface area contributed by atoms with Gasteiger partial charge in [0, 0.05) is 5.92 Å². The van der Waals surface area contributed by atoms with Crippen LogP contribution in [0.5, 0.6) is 0 Å².